The first-order valence-corrected chi connectivity index (χ1v) is 6.67. The van der Waals surface area contributed by atoms with Crippen LogP contribution < -0.4 is 11.1 Å². The minimum Gasteiger partial charge on any atom is -0.467 e. The smallest absolute Gasteiger partial charge is 0.417 e. The molecule has 2 heterocycles. The molecule has 0 fully saturated rings. The lowest BCUT2D eigenvalue weighted by molar-refractivity contribution is 0.446. The van der Waals surface area contributed by atoms with Gasteiger partial charge in [-0.15, -0.1) is 0 Å². The molecule has 0 saturated heterocycles. The first-order chi connectivity index (χ1) is 9.78. The molecule has 0 aliphatic heterocycles. The lowest BCUT2D eigenvalue weighted by Gasteiger charge is -2.16. The summed E-state index contributed by atoms with van der Waals surface area (Å²) < 4.78 is 10.6. The maximum atomic E-state index is 11.2. The summed E-state index contributed by atoms with van der Waals surface area (Å²) in [6.45, 7) is 2.99. The zero-order chi connectivity index (χ0) is 13.9. The summed E-state index contributed by atoms with van der Waals surface area (Å²) in [6.07, 6.45) is 2.68. The molecule has 5 heteroatoms. The Kier molecular flexibility index (Phi) is 3.43. The van der Waals surface area contributed by atoms with Gasteiger partial charge in [0.2, 0.25) is 0 Å². The molecule has 5 nitrogen and oxygen atoms in total. The van der Waals surface area contributed by atoms with Gasteiger partial charge in [-0.1, -0.05) is 13.0 Å². The number of benzene rings is 1. The Morgan fingerprint density at radius 2 is 2.25 bits per heavy atom. The van der Waals surface area contributed by atoms with E-state index in [2.05, 4.69) is 17.2 Å². The highest BCUT2D eigenvalue weighted by atomic mass is 16.4. The van der Waals surface area contributed by atoms with Crippen molar-refractivity contribution in [3.05, 3.63) is 58.5 Å². The highest BCUT2D eigenvalue weighted by Gasteiger charge is 2.17. The molecule has 0 spiro atoms. The third-order valence-corrected chi connectivity index (χ3v) is 3.20. The van der Waals surface area contributed by atoms with Crippen molar-refractivity contribution in [2.24, 2.45) is 0 Å². The maximum absolute atomic E-state index is 11.2. The van der Waals surface area contributed by atoms with Crippen LogP contribution in [0.5, 0.6) is 0 Å². The fourth-order valence-corrected chi connectivity index (χ4v) is 2.27. The fraction of sp³-hybridized carbons (Fsp3) is 0.267. The van der Waals surface area contributed by atoms with E-state index in [1.54, 1.807) is 6.26 Å². The average Bonchev–Trinajstić information content (AvgIpc) is 3.07. The third kappa shape index (κ3) is 2.40. The molecule has 0 aliphatic rings. The Hall–Kier alpha value is -2.27. The second-order valence-corrected chi connectivity index (χ2v) is 4.67. The zero-order valence-electron chi connectivity index (χ0n) is 11.2. The fourth-order valence-electron chi connectivity index (χ4n) is 2.27. The van der Waals surface area contributed by atoms with Crippen LogP contribution in [0, 0.1) is 0 Å². The van der Waals surface area contributed by atoms with Gasteiger partial charge in [0.05, 0.1) is 17.8 Å². The second kappa shape index (κ2) is 5.38. The van der Waals surface area contributed by atoms with Gasteiger partial charge in [-0.05, 0) is 42.8 Å². The van der Waals surface area contributed by atoms with Gasteiger partial charge >= 0.3 is 5.76 Å². The predicted molar refractivity (Wildman–Crippen MR) is 75.7 cm³/mol. The van der Waals surface area contributed by atoms with Crippen molar-refractivity contribution in [2.75, 3.05) is 6.54 Å². The second-order valence-electron chi connectivity index (χ2n) is 4.67. The predicted octanol–water partition coefficient (Wildman–Crippen LogP) is 2.80. The first kappa shape index (κ1) is 12.7. The molecule has 104 valence electrons. The molecule has 0 aliphatic carbocycles. The molecule has 1 aromatic carbocycles. The van der Waals surface area contributed by atoms with E-state index in [1.807, 2.05) is 30.3 Å². The van der Waals surface area contributed by atoms with Gasteiger partial charge in [-0.3, -0.25) is 4.98 Å². The number of hydrogen-bond donors (Lipinski definition) is 2. The molecule has 20 heavy (non-hydrogen) atoms. The van der Waals surface area contributed by atoms with E-state index in [9.17, 15) is 4.79 Å². The SMILES string of the molecule is CCCNC(c1ccc2[nH]c(=O)oc2c1)c1ccco1. The van der Waals surface area contributed by atoms with Crippen molar-refractivity contribution >= 4 is 11.1 Å². The summed E-state index contributed by atoms with van der Waals surface area (Å²) in [6, 6.07) is 9.43. The number of fused-ring (bicyclic) bond motifs is 1. The summed E-state index contributed by atoms with van der Waals surface area (Å²) >= 11 is 0. The normalized spacial score (nSPS) is 12.8. The number of rotatable bonds is 5. The van der Waals surface area contributed by atoms with E-state index in [0.29, 0.717) is 11.1 Å². The lowest BCUT2D eigenvalue weighted by atomic mass is 10.0. The highest BCUT2D eigenvalue weighted by molar-refractivity contribution is 5.73. The van der Waals surface area contributed by atoms with Crippen molar-refractivity contribution in [1.29, 1.82) is 0 Å². The molecule has 0 bridgehead atoms. The number of aromatic nitrogens is 1. The van der Waals surface area contributed by atoms with Crippen LogP contribution in [0.15, 0.2) is 50.2 Å². The summed E-state index contributed by atoms with van der Waals surface area (Å²) in [4.78, 5) is 13.9. The van der Waals surface area contributed by atoms with Crippen LogP contribution in [0.2, 0.25) is 0 Å². The Labute approximate surface area is 115 Å². The number of oxazole rings is 1. The van der Waals surface area contributed by atoms with Crippen LogP contribution in [0.3, 0.4) is 0 Å². The summed E-state index contributed by atoms with van der Waals surface area (Å²) in [5.74, 6) is 0.406. The zero-order valence-corrected chi connectivity index (χ0v) is 11.2. The van der Waals surface area contributed by atoms with E-state index in [-0.39, 0.29) is 6.04 Å². The largest absolute Gasteiger partial charge is 0.467 e. The van der Waals surface area contributed by atoms with Crippen LogP contribution >= 0.6 is 0 Å². The van der Waals surface area contributed by atoms with Crippen LogP contribution in [-0.4, -0.2) is 11.5 Å². The number of furan rings is 1. The standard InChI is InChI=1S/C15H16N2O3/c1-2-7-16-14(12-4-3-8-19-12)10-5-6-11-13(9-10)20-15(18)17-11/h3-6,8-9,14,16H,2,7H2,1H3,(H,17,18). The van der Waals surface area contributed by atoms with Crippen LogP contribution in [0.4, 0.5) is 0 Å². The van der Waals surface area contributed by atoms with E-state index in [1.165, 1.54) is 0 Å². The minimum absolute atomic E-state index is 0.0467. The monoisotopic (exact) mass is 272 g/mol. The van der Waals surface area contributed by atoms with Gasteiger partial charge in [-0.25, -0.2) is 4.79 Å². The Balaban J connectivity index is 2.01. The number of aromatic amines is 1. The van der Waals surface area contributed by atoms with Crippen molar-refractivity contribution in [2.45, 2.75) is 19.4 Å². The van der Waals surface area contributed by atoms with Crippen molar-refractivity contribution < 1.29 is 8.83 Å². The molecule has 2 N–H and O–H groups in total. The first-order valence-electron chi connectivity index (χ1n) is 6.67. The molecular formula is C15H16N2O3. The average molecular weight is 272 g/mol. The Morgan fingerprint density at radius 3 is 3.00 bits per heavy atom. The van der Waals surface area contributed by atoms with Gasteiger partial charge in [0.25, 0.3) is 0 Å². The van der Waals surface area contributed by atoms with E-state index >= 15 is 0 Å². The number of nitrogens with one attached hydrogen (secondary N) is 2. The molecule has 0 amide bonds. The van der Waals surface area contributed by atoms with E-state index < -0.39 is 5.76 Å². The summed E-state index contributed by atoms with van der Waals surface area (Å²) in [7, 11) is 0. The van der Waals surface area contributed by atoms with Crippen LogP contribution in [0.1, 0.15) is 30.7 Å². The van der Waals surface area contributed by atoms with Crippen molar-refractivity contribution in [3.63, 3.8) is 0 Å². The van der Waals surface area contributed by atoms with Crippen LogP contribution in [-0.2, 0) is 0 Å². The van der Waals surface area contributed by atoms with E-state index in [4.69, 9.17) is 8.83 Å². The summed E-state index contributed by atoms with van der Waals surface area (Å²) in [5, 5.41) is 3.44. The molecule has 0 radical (unpaired) electrons. The molecule has 1 atom stereocenters. The quantitative estimate of drug-likeness (QED) is 0.749. The van der Waals surface area contributed by atoms with Gasteiger partial charge in [-0.2, -0.15) is 0 Å². The molecule has 3 rings (SSSR count). The highest BCUT2D eigenvalue weighted by Crippen LogP contribution is 2.25. The van der Waals surface area contributed by atoms with E-state index in [0.717, 1.165) is 24.3 Å². The third-order valence-electron chi connectivity index (χ3n) is 3.20. The van der Waals surface area contributed by atoms with Crippen LogP contribution in [0.25, 0.3) is 11.1 Å². The lowest BCUT2D eigenvalue weighted by Crippen LogP contribution is -2.22. The topological polar surface area (TPSA) is 71.2 Å². The minimum atomic E-state index is -0.437. The molecule has 0 saturated carbocycles. The number of hydrogen-bond acceptors (Lipinski definition) is 4. The molecule has 3 aromatic rings. The van der Waals surface area contributed by atoms with Crippen molar-refractivity contribution in [1.82, 2.24) is 10.3 Å². The Morgan fingerprint density at radius 1 is 1.35 bits per heavy atom. The number of H-pyrrole nitrogens is 1. The maximum Gasteiger partial charge on any atom is 0.417 e. The molecule has 1 unspecified atom stereocenters. The molecular weight excluding hydrogens is 256 g/mol. The van der Waals surface area contributed by atoms with Gasteiger partial charge in [0.15, 0.2) is 5.58 Å². The van der Waals surface area contributed by atoms with Crippen molar-refractivity contribution in [3.8, 4) is 0 Å². The summed E-state index contributed by atoms with van der Waals surface area (Å²) in [5.41, 5.74) is 2.26. The van der Waals surface area contributed by atoms with Gasteiger partial charge < -0.3 is 14.2 Å². The Bertz CT molecular complexity index is 740. The van der Waals surface area contributed by atoms with Gasteiger partial charge in [0, 0.05) is 0 Å². The van der Waals surface area contributed by atoms with Gasteiger partial charge in [0.1, 0.15) is 5.76 Å². The molecule has 2 aromatic heterocycles.